The Kier molecular flexibility index (Phi) is 5.73. The van der Waals surface area contributed by atoms with Crippen LogP contribution in [0.4, 0.5) is 0 Å². The van der Waals surface area contributed by atoms with Crippen molar-refractivity contribution in [1.29, 1.82) is 0 Å². The lowest BCUT2D eigenvalue weighted by molar-refractivity contribution is -0.130. The van der Waals surface area contributed by atoms with Gasteiger partial charge in [0.05, 0.1) is 13.7 Å². The largest absolute Gasteiger partial charge is 0.496 e. The van der Waals surface area contributed by atoms with Gasteiger partial charge in [0.1, 0.15) is 11.9 Å². The molecule has 2 aromatic rings. The van der Waals surface area contributed by atoms with Crippen molar-refractivity contribution in [2.24, 2.45) is 0 Å². The number of carbonyl (C=O) groups is 1. The van der Waals surface area contributed by atoms with Crippen LogP contribution in [0.3, 0.4) is 0 Å². The minimum atomic E-state index is 0.0421. The summed E-state index contributed by atoms with van der Waals surface area (Å²) < 4.78 is 12.2. The first-order valence-electron chi connectivity index (χ1n) is 7.82. The van der Waals surface area contributed by atoms with Gasteiger partial charge in [0, 0.05) is 35.4 Å². The van der Waals surface area contributed by atoms with Crippen LogP contribution in [-0.2, 0) is 11.2 Å². The highest BCUT2D eigenvalue weighted by Crippen LogP contribution is 2.25. The summed E-state index contributed by atoms with van der Waals surface area (Å²) in [5.41, 5.74) is 1.04. The molecule has 1 amide bonds. The molecule has 0 radical (unpaired) electrons. The van der Waals surface area contributed by atoms with Gasteiger partial charge in [-0.05, 0) is 30.2 Å². The van der Waals surface area contributed by atoms with Gasteiger partial charge in [-0.3, -0.25) is 4.79 Å². The number of carbonyl (C=O) groups excluding carboxylic acids is 1. The molecular formula is C17H19BrN2O3S. The Labute approximate surface area is 153 Å². The number of aromatic nitrogens is 1. The van der Waals surface area contributed by atoms with Crippen LogP contribution in [0.15, 0.2) is 34.2 Å². The van der Waals surface area contributed by atoms with E-state index in [1.165, 1.54) is 11.3 Å². The molecule has 3 rings (SSSR count). The first kappa shape index (κ1) is 17.2. The average Bonchev–Trinajstić information content (AvgIpc) is 3.25. The minimum absolute atomic E-state index is 0.0421. The molecule has 7 heteroatoms. The molecule has 0 saturated carbocycles. The summed E-state index contributed by atoms with van der Waals surface area (Å²) in [5.74, 6) is 0.972. The first-order valence-corrected chi connectivity index (χ1v) is 9.49. The molecule has 1 atom stereocenters. The Balaban J connectivity index is 1.52. The molecule has 1 aromatic carbocycles. The fourth-order valence-corrected chi connectivity index (χ4v) is 3.76. The van der Waals surface area contributed by atoms with Crippen LogP contribution < -0.4 is 9.47 Å². The van der Waals surface area contributed by atoms with Gasteiger partial charge in [-0.25, -0.2) is 4.98 Å². The molecule has 2 heterocycles. The van der Waals surface area contributed by atoms with E-state index in [2.05, 4.69) is 20.9 Å². The molecular weight excluding hydrogens is 392 g/mol. The zero-order chi connectivity index (χ0) is 16.9. The van der Waals surface area contributed by atoms with Crippen LogP contribution >= 0.6 is 27.3 Å². The molecule has 1 aliphatic heterocycles. The van der Waals surface area contributed by atoms with Crippen LogP contribution in [0.5, 0.6) is 10.9 Å². The Morgan fingerprint density at radius 3 is 3.12 bits per heavy atom. The number of hydrogen-bond acceptors (Lipinski definition) is 5. The van der Waals surface area contributed by atoms with Crippen molar-refractivity contribution in [3.63, 3.8) is 0 Å². The van der Waals surface area contributed by atoms with Gasteiger partial charge in [-0.1, -0.05) is 27.3 Å². The van der Waals surface area contributed by atoms with Crippen LogP contribution in [0, 0.1) is 0 Å². The van der Waals surface area contributed by atoms with E-state index in [-0.39, 0.29) is 12.0 Å². The van der Waals surface area contributed by atoms with E-state index >= 15 is 0 Å². The predicted molar refractivity (Wildman–Crippen MR) is 96.7 cm³/mol. The summed E-state index contributed by atoms with van der Waals surface area (Å²) >= 11 is 4.94. The topological polar surface area (TPSA) is 51.7 Å². The second kappa shape index (κ2) is 7.98. The van der Waals surface area contributed by atoms with Crippen LogP contribution in [0.1, 0.15) is 18.4 Å². The van der Waals surface area contributed by atoms with Gasteiger partial charge in [0.25, 0.3) is 5.19 Å². The number of ether oxygens (including phenoxy) is 2. The summed E-state index contributed by atoms with van der Waals surface area (Å²) in [4.78, 5) is 18.5. The van der Waals surface area contributed by atoms with E-state index < -0.39 is 0 Å². The molecule has 1 aromatic heterocycles. The van der Waals surface area contributed by atoms with Crippen molar-refractivity contribution in [1.82, 2.24) is 9.88 Å². The molecule has 0 aliphatic carbocycles. The molecule has 0 spiro atoms. The predicted octanol–water partition coefficient (Wildman–Crippen LogP) is 3.53. The van der Waals surface area contributed by atoms with E-state index in [4.69, 9.17) is 9.47 Å². The third kappa shape index (κ3) is 4.27. The lowest BCUT2D eigenvalue weighted by Gasteiger charge is -2.17. The highest BCUT2D eigenvalue weighted by Gasteiger charge is 2.27. The molecule has 0 bridgehead atoms. The highest BCUT2D eigenvalue weighted by molar-refractivity contribution is 9.10. The van der Waals surface area contributed by atoms with Gasteiger partial charge in [0.2, 0.25) is 5.91 Å². The number of hydrogen-bond donors (Lipinski definition) is 0. The number of likely N-dealkylation sites (tertiary alicyclic amines) is 1. The van der Waals surface area contributed by atoms with Crippen molar-refractivity contribution in [3.8, 4) is 10.9 Å². The van der Waals surface area contributed by atoms with Gasteiger partial charge < -0.3 is 14.4 Å². The minimum Gasteiger partial charge on any atom is -0.496 e. The Bertz CT molecular complexity index is 693. The van der Waals surface area contributed by atoms with E-state index in [9.17, 15) is 4.79 Å². The Morgan fingerprint density at radius 2 is 2.38 bits per heavy atom. The second-order valence-electron chi connectivity index (χ2n) is 5.62. The summed E-state index contributed by atoms with van der Waals surface area (Å²) in [5, 5.41) is 2.56. The van der Waals surface area contributed by atoms with E-state index in [0.717, 1.165) is 28.8 Å². The van der Waals surface area contributed by atoms with Gasteiger partial charge in [-0.2, -0.15) is 0 Å². The maximum absolute atomic E-state index is 12.5. The molecule has 24 heavy (non-hydrogen) atoms. The van der Waals surface area contributed by atoms with Crippen molar-refractivity contribution in [2.75, 3.05) is 20.2 Å². The van der Waals surface area contributed by atoms with E-state index in [0.29, 0.717) is 24.6 Å². The molecule has 1 aliphatic rings. The number of nitrogens with zero attached hydrogens (tertiary/aromatic N) is 2. The lowest BCUT2D eigenvalue weighted by atomic mass is 10.1. The molecule has 1 fully saturated rings. The van der Waals surface area contributed by atoms with Crippen molar-refractivity contribution in [2.45, 2.75) is 25.4 Å². The molecule has 1 unspecified atom stereocenters. The van der Waals surface area contributed by atoms with Gasteiger partial charge >= 0.3 is 0 Å². The van der Waals surface area contributed by atoms with E-state index in [1.807, 2.05) is 28.5 Å². The number of halogens is 1. The van der Waals surface area contributed by atoms with Gasteiger partial charge in [-0.15, -0.1) is 0 Å². The van der Waals surface area contributed by atoms with Crippen molar-refractivity contribution in [3.05, 3.63) is 39.8 Å². The summed E-state index contributed by atoms with van der Waals surface area (Å²) in [6.07, 6.45) is 3.75. The Hall–Kier alpha value is -1.60. The number of methoxy groups -OCH3 is 1. The third-order valence-electron chi connectivity index (χ3n) is 4.03. The standard InChI is InChI=1S/C17H19BrN2O3S/c1-22-15-4-3-13(18)10-12(15)2-5-16(21)20-8-6-14(11-20)23-17-19-7-9-24-17/h3-4,7,9-10,14H,2,5-6,8,11H2,1H3. The molecule has 5 nitrogen and oxygen atoms in total. The second-order valence-corrected chi connectivity index (χ2v) is 7.40. The summed E-state index contributed by atoms with van der Waals surface area (Å²) in [6.45, 7) is 1.37. The number of rotatable bonds is 6. The van der Waals surface area contributed by atoms with Crippen molar-refractivity contribution < 1.29 is 14.3 Å². The zero-order valence-corrected chi connectivity index (χ0v) is 15.8. The molecule has 128 valence electrons. The fourth-order valence-electron chi connectivity index (χ4n) is 2.80. The maximum Gasteiger partial charge on any atom is 0.273 e. The highest BCUT2D eigenvalue weighted by atomic mass is 79.9. The summed E-state index contributed by atoms with van der Waals surface area (Å²) in [6, 6.07) is 5.85. The lowest BCUT2D eigenvalue weighted by Crippen LogP contribution is -2.31. The molecule has 0 N–H and O–H groups in total. The quantitative estimate of drug-likeness (QED) is 0.730. The number of benzene rings is 1. The van der Waals surface area contributed by atoms with Gasteiger partial charge in [0.15, 0.2) is 0 Å². The number of aryl methyl sites for hydroxylation is 1. The summed E-state index contributed by atoms with van der Waals surface area (Å²) in [7, 11) is 1.65. The maximum atomic E-state index is 12.5. The zero-order valence-electron chi connectivity index (χ0n) is 13.4. The van der Waals surface area contributed by atoms with Crippen LogP contribution in [0.2, 0.25) is 0 Å². The smallest absolute Gasteiger partial charge is 0.273 e. The first-order chi connectivity index (χ1) is 11.7. The Morgan fingerprint density at radius 1 is 1.50 bits per heavy atom. The van der Waals surface area contributed by atoms with Crippen molar-refractivity contribution >= 4 is 33.2 Å². The fraction of sp³-hybridized carbons (Fsp3) is 0.412. The van der Waals surface area contributed by atoms with Crippen LogP contribution in [0.25, 0.3) is 0 Å². The number of amides is 1. The number of thiazole rings is 1. The normalized spacial score (nSPS) is 17.1. The van der Waals surface area contributed by atoms with E-state index in [1.54, 1.807) is 13.3 Å². The average molecular weight is 411 g/mol. The monoisotopic (exact) mass is 410 g/mol. The SMILES string of the molecule is COc1ccc(Br)cc1CCC(=O)N1CCC(Oc2nccs2)C1. The van der Waals surface area contributed by atoms with Crippen LogP contribution in [-0.4, -0.2) is 42.1 Å². The molecule has 1 saturated heterocycles. The third-order valence-corrected chi connectivity index (χ3v) is 5.18.